The predicted octanol–water partition coefficient (Wildman–Crippen LogP) is 15.0. The Balaban J connectivity index is 1.03. The van der Waals surface area contributed by atoms with Crippen LogP contribution in [0.3, 0.4) is 0 Å². The Morgan fingerprint density at radius 3 is 1.64 bits per heavy atom. The monoisotopic (exact) mass is 753 g/mol. The van der Waals surface area contributed by atoms with Gasteiger partial charge in [0.15, 0.2) is 0 Å². The van der Waals surface area contributed by atoms with Crippen molar-refractivity contribution in [3.63, 3.8) is 0 Å². The van der Waals surface area contributed by atoms with Crippen LogP contribution in [0.1, 0.15) is 99.8 Å². The first-order valence-corrected chi connectivity index (χ1v) is 23.1. The van der Waals surface area contributed by atoms with Crippen LogP contribution in [0, 0.1) is 41.4 Å². The van der Waals surface area contributed by atoms with Crippen molar-refractivity contribution >= 4 is 17.1 Å². The van der Waals surface area contributed by atoms with E-state index >= 15 is 0 Å². The van der Waals surface area contributed by atoms with Crippen molar-refractivity contribution in [2.24, 2.45) is 41.4 Å². The number of anilines is 3. The van der Waals surface area contributed by atoms with Gasteiger partial charge in [0, 0.05) is 27.8 Å². The minimum atomic E-state index is 0.118. The fourth-order valence-electron chi connectivity index (χ4n) is 15.9. The second-order valence-corrected chi connectivity index (χ2v) is 19.9. The Morgan fingerprint density at radius 2 is 0.983 bits per heavy atom. The SMILES string of the molecule is CCC1CC2CCCC(C2)C12c1ccccc1-c1cc(N(c3ccc4c(c3)-c3ccccc3C43C4CC5CC(C4)CC3C5)c3ccccc3-c3ccccc3)ccc12. The molecule has 6 bridgehead atoms. The van der Waals surface area contributed by atoms with Gasteiger partial charge in [0.05, 0.1) is 5.69 Å². The summed E-state index contributed by atoms with van der Waals surface area (Å²) in [6.45, 7) is 2.48. The summed E-state index contributed by atoms with van der Waals surface area (Å²) in [5.41, 5.74) is 19.0. The van der Waals surface area contributed by atoms with E-state index in [2.05, 4.69) is 151 Å². The molecular weight excluding hydrogens is 699 g/mol. The fourth-order valence-corrected chi connectivity index (χ4v) is 15.9. The molecule has 288 valence electrons. The lowest BCUT2D eigenvalue weighted by molar-refractivity contribution is -0.0399. The molecule has 6 saturated carbocycles. The zero-order chi connectivity index (χ0) is 38.2. The zero-order valence-electron chi connectivity index (χ0n) is 34.0. The van der Waals surface area contributed by atoms with Crippen LogP contribution in [-0.2, 0) is 10.8 Å². The molecule has 6 aromatic carbocycles. The maximum Gasteiger partial charge on any atom is 0.0540 e. The highest BCUT2D eigenvalue weighted by molar-refractivity contribution is 5.93. The van der Waals surface area contributed by atoms with Crippen molar-refractivity contribution in [3.05, 3.63) is 162 Å². The van der Waals surface area contributed by atoms with E-state index in [0.29, 0.717) is 5.92 Å². The van der Waals surface area contributed by atoms with Crippen LogP contribution in [0.15, 0.2) is 140 Å². The first-order valence-electron chi connectivity index (χ1n) is 23.1. The van der Waals surface area contributed by atoms with Crippen LogP contribution in [0.25, 0.3) is 33.4 Å². The van der Waals surface area contributed by atoms with Crippen molar-refractivity contribution in [2.75, 3.05) is 4.90 Å². The first-order chi connectivity index (χ1) is 28.7. The number of para-hydroxylation sites is 1. The van der Waals surface area contributed by atoms with Gasteiger partial charge >= 0.3 is 0 Å². The average molecular weight is 754 g/mol. The third-order valence-electron chi connectivity index (χ3n) is 17.6. The molecule has 6 fully saturated rings. The van der Waals surface area contributed by atoms with Gasteiger partial charge in [-0.1, -0.05) is 135 Å². The molecule has 0 saturated heterocycles. The van der Waals surface area contributed by atoms with E-state index in [4.69, 9.17) is 0 Å². The van der Waals surface area contributed by atoms with Crippen LogP contribution in [0.5, 0.6) is 0 Å². The second-order valence-electron chi connectivity index (χ2n) is 19.9. The molecule has 4 unspecified atom stereocenters. The maximum atomic E-state index is 2.62. The third-order valence-corrected chi connectivity index (χ3v) is 17.6. The molecule has 58 heavy (non-hydrogen) atoms. The fraction of sp³-hybridized carbons (Fsp3) is 0.368. The van der Waals surface area contributed by atoms with E-state index in [1.165, 1.54) is 121 Å². The molecule has 1 nitrogen and oxygen atoms in total. The van der Waals surface area contributed by atoms with Crippen molar-refractivity contribution < 1.29 is 0 Å². The molecule has 8 aliphatic carbocycles. The predicted molar refractivity (Wildman–Crippen MR) is 240 cm³/mol. The van der Waals surface area contributed by atoms with Crippen molar-refractivity contribution in [2.45, 2.75) is 88.4 Å². The summed E-state index contributed by atoms with van der Waals surface area (Å²) in [7, 11) is 0. The molecule has 8 aliphatic rings. The Hall–Kier alpha value is -4.88. The molecule has 2 spiro atoms. The molecule has 0 radical (unpaired) electrons. The smallest absolute Gasteiger partial charge is 0.0540 e. The topological polar surface area (TPSA) is 3.24 Å². The van der Waals surface area contributed by atoms with Gasteiger partial charge in [0.1, 0.15) is 0 Å². The highest BCUT2D eigenvalue weighted by atomic mass is 15.1. The van der Waals surface area contributed by atoms with Gasteiger partial charge in [0.25, 0.3) is 0 Å². The maximum absolute atomic E-state index is 2.62. The van der Waals surface area contributed by atoms with Gasteiger partial charge in [-0.3, -0.25) is 0 Å². The van der Waals surface area contributed by atoms with Crippen molar-refractivity contribution in [1.82, 2.24) is 0 Å². The van der Waals surface area contributed by atoms with Crippen LogP contribution in [-0.4, -0.2) is 0 Å². The average Bonchev–Trinajstić information content (AvgIpc) is 3.73. The third kappa shape index (κ3) is 4.44. The lowest BCUT2D eigenvalue weighted by Crippen LogP contribution is -2.55. The minimum absolute atomic E-state index is 0.118. The summed E-state index contributed by atoms with van der Waals surface area (Å²) < 4.78 is 0. The quantitative estimate of drug-likeness (QED) is 0.169. The highest BCUT2D eigenvalue weighted by Gasteiger charge is 2.62. The van der Waals surface area contributed by atoms with Gasteiger partial charge < -0.3 is 4.90 Å². The van der Waals surface area contributed by atoms with E-state index in [1.807, 2.05) is 0 Å². The van der Waals surface area contributed by atoms with Gasteiger partial charge in [-0.25, -0.2) is 0 Å². The molecule has 0 amide bonds. The molecule has 0 aliphatic heterocycles. The Bertz CT molecular complexity index is 2560. The highest BCUT2D eigenvalue weighted by Crippen LogP contribution is 2.70. The van der Waals surface area contributed by atoms with Gasteiger partial charge in [-0.2, -0.15) is 0 Å². The number of nitrogens with zero attached hydrogens (tertiary/aromatic N) is 1. The second kappa shape index (κ2) is 12.6. The molecule has 0 N–H and O–H groups in total. The Morgan fingerprint density at radius 1 is 0.448 bits per heavy atom. The first kappa shape index (κ1) is 34.0. The lowest BCUT2D eigenvalue weighted by atomic mass is 9.43. The van der Waals surface area contributed by atoms with Gasteiger partial charge in [-0.15, -0.1) is 0 Å². The summed E-state index contributed by atoms with van der Waals surface area (Å²) in [4.78, 5) is 2.62. The molecule has 1 heteroatoms. The molecule has 6 aromatic rings. The van der Waals surface area contributed by atoms with E-state index in [-0.39, 0.29) is 10.8 Å². The zero-order valence-corrected chi connectivity index (χ0v) is 34.0. The number of benzene rings is 6. The van der Waals surface area contributed by atoms with Crippen LogP contribution < -0.4 is 4.90 Å². The van der Waals surface area contributed by atoms with Crippen LogP contribution in [0.4, 0.5) is 17.1 Å². The van der Waals surface area contributed by atoms with E-state index in [0.717, 1.165) is 35.5 Å². The molecule has 0 heterocycles. The van der Waals surface area contributed by atoms with E-state index in [9.17, 15) is 0 Å². The summed E-state index contributed by atoms with van der Waals surface area (Å²) in [5, 5.41) is 0. The lowest BCUT2D eigenvalue weighted by Gasteiger charge is -2.61. The standard InChI is InChI=1S/C57H55N/c1-2-40-28-36-13-12-16-41(29-36)56(40)51-20-9-6-18-47(51)49-34-44(23-25-53(49)56)58(55-22-11-8-17-46(55)39-14-4-3-5-15-39)45-24-26-54-50(35-45)48-19-7-10-21-52(48)57(54)42-30-37-27-38(32-42)33-43(57)31-37/h3-11,14-15,17-26,34-38,40-43H,2,12-13,16,27-33H2,1H3. The number of fused-ring (bicyclic) bond motifs is 11. The van der Waals surface area contributed by atoms with Gasteiger partial charge in [-0.05, 0) is 173 Å². The Kier molecular flexibility index (Phi) is 7.37. The number of rotatable bonds is 5. The largest absolute Gasteiger partial charge is 0.310 e. The molecule has 0 aromatic heterocycles. The van der Waals surface area contributed by atoms with Crippen LogP contribution in [0.2, 0.25) is 0 Å². The van der Waals surface area contributed by atoms with Crippen LogP contribution >= 0.6 is 0 Å². The summed E-state index contributed by atoms with van der Waals surface area (Å²) in [6, 6.07) is 54.9. The van der Waals surface area contributed by atoms with E-state index < -0.39 is 0 Å². The molecular formula is C57H55N. The number of hydrogen-bond acceptors (Lipinski definition) is 1. The Labute approximate surface area is 345 Å². The van der Waals surface area contributed by atoms with E-state index in [1.54, 1.807) is 22.3 Å². The summed E-state index contributed by atoms with van der Waals surface area (Å²) >= 11 is 0. The molecule has 14 rings (SSSR count). The number of hydrogen-bond donors (Lipinski definition) is 0. The van der Waals surface area contributed by atoms with Crippen molar-refractivity contribution in [3.8, 4) is 33.4 Å². The van der Waals surface area contributed by atoms with Gasteiger partial charge in [0.2, 0.25) is 0 Å². The normalized spacial score (nSPS) is 31.6. The summed E-state index contributed by atoms with van der Waals surface area (Å²) in [6.07, 6.45) is 15.3. The summed E-state index contributed by atoms with van der Waals surface area (Å²) in [5.74, 6) is 5.73. The molecule has 4 atom stereocenters. The van der Waals surface area contributed by atoms with Crippen molar-refractivity contribution in [1.29, 1.82) is 0 Å². The minimum Gasteiger partial charge on any atom is -0.310 e.